The van der Waals surface area contributed by atoms with Gasteiger partial charge < -0.3 is 14.8 Å². The van der Waals surface area contributed by atoms with Gasteiger partial charge in [0.15, 0.2) is 0 Å². The number of rotatable bonds is 8. The summed E-state index contributed by atoms with van der Waals surface area (Å²) in [6.07, 6.45) is 1.11. The number of nitrogens with one attached hydrogen (secondary N) is 1. The number of benzene rings is 1. The van der Waals surface area contributed by atoms with Gasteiger partial charge in [0, 0.05) is 19.0 Å². The van der Waals surface area contributed by atoms with Gasteiger partial charge in [-0.25, -0.2) is 12.7 Å². The maximum atomic E-state index is 12.4. The maximum absolute atomic E-state index is 12.4. The van der Waals surface area contributed by atoms with Gasteiger partial charge in [0.1, 0.15) is 18.1 Å². The minimum atomic E-state index is -3.17. The lowest BCUT2D eigenvalue weighted by molar-refractivity contribution is -0.126. The Morgan fingerprint density at radius 3 is 2.35 bits per heavy atom. The Kier molecular flexibility index (Phi) is 7.28. The van der Waals surface area contributed by atoms with Crippen LogP contribution in [0.2, 0.25) is 0 Å². The zero-order chi connectivity index (χ0) is 19.2. The number of amides is 1. The molecule has 1 fully saturated rings. The molecule has 0 aliphatic carbocycles. The van der Waals surface area contributed by atoms with Gasteiger partial charge in [-0.2, -0.15) is 0 Å². The number of hydrogen-bond acceptors (Lipinski definition) is 5. The van der Waals surface area contributed by atoms with Gasteiger partial charge in [0.05, 0.1) is 18.9 Å². The summed E-state index contributed by atoms with van der Waals surface area (Å²) in [4.78, 5) is 12.4. The van der Waals surface area contributed by atoms with Gasteiger partial charge in [-0.05, 0) is 51.0 Å². The van der Waals surface area contributed by atoms with Crippen LogP contribution in [0.15, 0.2) is 24.3 Å². The van der Waals surface area contributed by atoms with Crippen molar-refractivity contribution in [2.24, 2.45) is 5.92 Å². The highest BCUT2D eigenvalue weighted by atomic mass is 32.2. The SMILES string of the molecule is CCS(=O)(=O)N1CCC(C(=O)N[C@@H](C)COc2ccc(OC)cc2)CC1. The van der Waals surface area contributed by atoms with E-state index in [1.807, 2.05) is 31.2 Å². The summed E-state index contributed by atoms with van der Waals surface area (Å²) in [5.41, 5.74) is 0. The second-order valence-corrected chi connectivity index (χ2v) is 8.73. The lowest BCUT2D eigenvalue weighted by Crippen LogP contribution is -2.46. The number of piperidine rings is 1. The molecule has 8 heteroatoms. The fraction of sp³-hybridized carbons (Fsp3) is 0.611. The summed E-state index contributed by atoms with van der Waals surface area (Å²) in [5.74, 6) is 1.38. The minimum Gasteiger partial charge on any atom is -0.497 e. The van der Waals surface area contributed by atoms with E-state index >= 15 is 0 Å². The van der Waals surface area contributed by atoms with Crippen LogP contribution < -0.4 is 14.8 Å². The van der Waals surface area contributed by atoms with Crippen molar-refractivity contribution in [3.05, 3.63) is 24.3 Å². The van der Waals surface area contributed by atoms with Gasteiger partial charge in [-0.15, -0.1) is 0 Å². The molecule has 1 N–H and O–H groups in total. The van der Waals surface area contributed by atoms with Crippen molar-refractivity contribution < 1.29 is 22.7 Å². The van der Waals surface area contributed by atoms with E-state index in [-0.39, 0.29) is 23.6 Å². The first-order chi connectivity index (χ1) is 12.4. The average Bonchev–Trinajstić information content (AvgIpc) is 2.66. The van der Waals surface area contributed by atoms with Crippen molar-refractivity contribution in [2.75, 3.05) is 32.6 Å². The van der Waals surface area contributed by atoms with E-state index in [4.69, 9.17) is 9.47 Å². The van der Waals surface area contributed by atoms with Gasteiger partial charge in [0.2, 0.25) is 15.9 Å². The molecular weight excluding hydrogens is 356 g/mol. The van der Waals surface area contributed by atoms with Crippen molar-refractivity contribution >= 4 is 15.9 Å². The smallest absolute Gasteiger partial charge is 0.223 e. The number of ether oxygens (including phenoxy) is 2. The van der Waals surface area contributed by atoms with Crippen molar-refractivity contribution in [3.8, 4) is 11.5 Å². The van der Waals surface area contributed by atoms with Crippen LogP contribution in [0.4, 0.5) is 0 Å². The van der Waals surface area contributed by atoms with E-state index < -0.39 is 10.0 Å². The Labute approximate surface area is 155 Å². The Balaban J connectivity index is 1.75. The summed E-state index contributed by atoms with van der Waals surface area (Å²) >= 11 is 0. The highest BCUT2D eigenvalue weighted by Crippen LogP contribution is 2.20. The summed E-state index contributed by atoms with van der Waals surface area (Å²) in [7, 11) is -1.56. The fourth-order valence-electron chi connectivity index (χ4n) is 2.87. The molecule has 1 aliphatic heterocycles. The van der Waals surface area contributed by atoms with Crippen LogP contribution in [0.1, 0.15) is 26.7 Å². The Bertz CT molecular complexity index is 682. The molecule has 146 valence electrons. The van der Waals surface area contributed by atoms with E-state index in [2.05, 4.69) is 5.32 Å². The molecule has 1 aromatic rings. The van der Waals surface area contributed by atoms with Gasteiger partial charge in [-0.3, -0.25) is 4.79 Å². The van der Waals surface area contributed by atoms with Crippen molar-refractivity contribution in [2.45, 2.75) is 32.7 Å². The van der Waals surface area contributed by atoms with Crippen LogP contribution in [0.3, 0.4) is 0 Å². The molecule has 1 aliphatic rings. The predicted molar refractivity (Wildman–Crippen MR) is 99.9 cm³/mol. The molecule has 2 rings (SSSR count). The third-order valence-corrected chi connectivity index (χ3v) is 6.41. The molecule has 0 unspecified atom stereocenters. The molecule has 1 heterocycles. The van der Waals surface area contributed by atoms with Gasteiger partial charge in [-0.1, -0.05) is 0 Å². The lowest BCUT2D eigenvalue weighted by Gasteiger charge is -2.30. The van der Waals surface area contributed by atoms with Gasteiger partial charge in [0.25, 0.3) is 0 Å². The molecule has 1 aromatic carbocycles. The van der Waals surface area contributed by atoms with E-state index in [9.17, 15) is 13.2 Å². The summed E-state index contributed by atoms with van der Waals surface area (Å²) in [6.45, 7) is 4.70. The van der Waals surface area contributed by atoms with Crippen LogP contribution in [0.5, 0.6) is 11.5 Å². The molecule has 1 atom stereocenters. The molecule has 26 heavy (non-hydrogen) atoms. The monoisotopic (exact) mass is 384 g/mol. The molecule has 0 saturated carbocycles. The van der Waals surface area contributed by atoms with E-state index in [1.165, 1.54) is 4.31 Å². The fourth-order valence-corrected chi connectivity index (χ4v) is 4.01. The van der Waals surface area contributed by atoms with Crippen molar-refractivity contribution in [1.82, 2.24) is 9.62 Å². The summed E-state index contributed by atoms with van der Waals surface area (Å²) in [6, 6.07) is 7.13. The van der Waals surface area contributed by atoms with Crippen molar-refractivity contribution in [3.63, 3.8) is 0 Å². The number of methoxy groups -OCH3 is 1. The molecule has 0 radical (unpaired) electrons. The molecular formula is C18H28N2O5S. The zero-order valence-corrected chi connectivity index (χ0v) is 16.4. The Hall–Kier alpha value is -1.80. The number of nitrogens with zero attached hydrogens (tertiary/aromatic N) is 1. The molecule has 0 spiro atoms. The second-order valence-electron chi connectivity index (χ2n) is 6.47. The summed E-state index contributed by atoms with van der Waals surface area (Å²) < 4.78 is 36.0. The van der Waals surface area contributed by atoms with Crippen LogP contribution >= 0.6 is 0 Å². The minimum absolute atomic E-state index is 0.0376. The number of carbonyl (C=O) groups excluding carboxylic acids is 1. The first kappa shape index (κ1) is 20.5. The highest BCUT2D eigenvalue weighted by Gasteiger charge is 2.30. The number of sulfonamides is 1. The predicted octanol–water partition coefficient (Wildman–Crippen LogP) is 1.64. The third kappa shape index (κ3) is 5.60. The van der Waals surface area contributed by atoms with Gasteiger partial charge >= 0.3 is 0 Å². The first-order valence-corrected chi connectivity index (χ1v) is 10.5. The van der Waals surface area contributed by atoms with E-state index in [0.717, 1.165) is 5.75 Å². The zero-order valence-electron chi connectivity index (χ0n) is 15.6. The number of carbonyl (C=O) groups is 1. The van der Waals surface area contributed by atoms with Crippen molar-refractivity contribution in [1.29, 1.82) is 0 Å². The average molecular weight is 384 g/mol. The largest absolute Gasteiger partial charge is 0.497 e. The number of hydrogen-bond donors (Lipinski definition) is 1. The highest BCUT2D eigenvalue weighted by molar-refractivity contribution is 7.89. The molecule has 0 aromatic heterocycles. The van der Waals surface area contributed by atoms with Crippen LogP contribution in [-0.2, 0) is 14.8 Å². The van der Waals surface area contributed by atoms with Crippen LogP contribution in [-0.4, -0.2) is 57.2 Å². The normalized spacial score (nSPS) is 17.5. The molecule has 0 bridgehead atoms. The Morgan fingerprint density at radius 2 is 1.81 bits per heavy atom. The van der Waals surface area contributed by atoms with Crippen LogP contribution in [0.25, 0.3) is 0 Å². The quantitative estimate of drug-likeness (QED) is 0.736. The molecule has 1 saturated heterocycles. The second kappa shape index (κ2) is 9.23. The van der Waals surface area contributed by atoms with Crippen LogP contribution in [0, 0.1) is 5.92 Å². The Morgan fingerprint density at radius 1 is 1.23 bits per heavy atom. The topological polar surface area (TPSA) is 84.9 Å². The van der Waals surface area contributed by atoms with E-state index in [1.54, 1.807) is 14.0 Å². The third-order valence-electron chi connectivity index (χ3n) is 4.53. The lowest BCUT2D eigenvalue weighted by atomic mass is 9.97. The standard InChI is InChI=1S/C18H28N2O5S/c1-4-26(22,23)20-11-9-15(10-12-20)18(21)19-14(2)13-25-17-7-5-16(24-3)6-8-17/h5-8,14-15H,4,9-13H2,1-3H3,(H,19,21)/t14-/m0/s1. The van der Waals surface area contributed by atoms with E-state index in [0.29, 0.717) is 38.3 Å². The molecule has 7 nitrogen and oxygen atoms in total. The molecule has 1 amide bonds. The first-order valence-electron chi connectivity index (χ1n) is 8.90. The summed E-state index contributed by atoms with van der Waals surface area (Å²) in [5, 5.41) is 2.95. The maximum Gasteiger partial charge on any atom is 0.223 e.